The van der Waals surface area contributed by atoms with Gasteiger partial charge < -0.3 is 0 Å². The maximum absolute atomic E-state index is 2.49. The van der Waals surface area contributed by atoms with Gasteiger partial charge in [-0.2, -0.15) is 0 Å². The van der Waals surface area contributed by atoms with Crippen LogP contribution < -0.4 is 0 Å². The van der Waals surface area contributed by atoms with E-state index in [-0.39, 0.29) is 0 Å². The van der Waals surface area contributed by atoms with Gasteiger partial charge in [-0.15, -0.1) is 0 Å². The molecule has 0 rings (SSSR count). The molecule has 0 heterocycles. The number of unbranched alkanes of at least 4 members (excludes halogenated alkanes) is 1. The molecule has 0 saturated heterocycles. The Morgan fingerprint density at radius 2 is 1.80 bits per heavy atom. The van der Waals surface area contributed by atoms with E-state index in [1.165, 1.54) is 12.8 Å². The van der Waals surface area contributed by atoms with Crippen molar-refractivity contribution in [1.82, 2.24) is 0 Å². The summed E-state index contributed by atoms with van der Waals surface area (Å²) in [6.07, 6.45) is 2.89. The van der Waals surface area contributed by atoms with Crippen LogP contribution in [0.1, 0.15) is 19.8 Å². The molecule has 2 heteroatoms. The summed E-state index contributed by atoms with van der Waals surface area (Å²) in [5.74, 6) is 0. The molecule has 0 N–H and O–H groups in total. The fourth-order valence-corrected chi connectivity index (χ4v) is 9.27. The van der Waals surface area contributed by atoms with E-state index in [0.717, 1.165) is 0 Å². The fraction of sp³-hybridized carbons (Fsp3) is 1.00. The van der Waals surface area contributed by atoms with Crippen molar-refractivity contribution in [2.75, 3.05) is 0 Å². The Kier molecular flexibility index (Phi) is 6.20. The van der Waals surface area contributed by atoms with Gasteiger partial charge in [0.05, 0.1) is 0 Å². The molecule has 62 valence electrons. The minimum atomic E-state index is -0.649. The monoisotopic (exact) mass is 274 g/mol. The van der Waals surface area contributed by atoms with Crippen LogP contribution >= 0.6 is 0 Å². The van der Waals surface area contributed by atoms with Gasteiger partial charge >= 0.3 is 77.0 Å². The van der Waals surface area contributed by atoms with E-state index in [1.807, 2.05) is 0 Å². The van der Waals surface area contributed by atoms with Crippen LogP contribution in [0, 0.1) is 0 Å². The van der Waals surface area contributed by atoms with Gasteiger partial charge in [0.2, 0.25) is 0 Å². The third kappa shape index (κ3) is 9.01. The quantitative estimate of drug-likeness (QED) is 0.532. The molecule has 0 bridgehead atoms. The van der Waals surface area contributed by atoms with Crippen molar-refractivity contribution in [1.29, 1.82) is 0 Å². The Morgan fingerprint density at radius 1 is 1.20 bits per heavy atom. The van der Waals surface area contributed by atoms with Crippen molar-refractivity contribution in [3.8, 4) is 0 Å². The summed E-state index contributed by atoms with van der Waals surface area (Å²) in [5.41, 5.74) is 0. The average molecular weight is 272 g/mol. The Bertz CT molecular complexity index is 75.8. The van der Waals surface area contributed by atoms with E-state index >= 15 is 0 Å². The molecule has 0 fully saturated rings. The average Bonchev–Trinajstić information content (AvgIpc) is 1.78. The predicted molar refractivity (Wildman–Crippen MR) is 53.6 cm³/mol. The van der Waals surface area contributed by atoms with Crippen molar-refractivity contribution in [2.45, 2.75) is 48.0 Å². The topological polar surface area (TPSA) is 0 Å². The van der Waals surface area contributed by atoms with Crippen LogP contribution in [-0.2, 0) is 0 Å². The third-order valence-electron chi connectivity index (χ3n) is 1.18. The van der Waals surface area contributed by atoms with Crippen molar-refractivity contribution in [3.63, 3.8) is 0 Å². The summed E-state index contributed by atoms with van der Waals surface area (Å²) >= 11 is 0.429. The second-order valence-electron chi connectivity index (χ2n) is 3.97. The predicted octanol–water partition coefficient (Wildman–Crippen LogP) is 3.20. The van der Waals surface area contributed by atoms with Crippen molar-refractivity contribution in [2.24, 2.45) is 0 Å². The van der Waals surface area contributed by atoms with Crippen LogP contribution in [0.3, 0.4) is 0 Å². The molecule has 0 aliphatic carbocycles. The third-order valence-corrected chi connectivity index (χ3v) is 13.1. The minimum absolute atomic E-state index is 0.429. The van der Waals surface area contributed by atoms with Crippen LogP contribution in [0.4, 0.5) is 0 Å². The molecular formula is C8H20SiTe. The Balaban J connectivity index is 3.04. The van der Waals surface area contributed by atoms with Crippen LogP contribution in [0.5, 0.6) is 0 Å². The van der Waals surface area contributed by atoms with Gasteiger partial charge in [-0.3, -0.25) is 0 Å². The van der Waals surface area contributed by atoms with Gasteiger partial charge in [0, 0.05) is 0 Å². The van der Waals surface area contributed by atoms with Crippen molar-refractivity contribution < 1.29 is 0 Å². The van der Waals surface area contributed by atoms with Gasteiger partial charge in [0.1, 0.15) is 0 Å². The number of hydrogen-bond donors (Lipinski definition) is 0. The number of rotatable bonds is 5. The molecule has 0 amide bonds. The van der Waals surface area contributed by atoms with E-state index in [1.54, 1.807) is 8.56 Å². The Hall–Kier alpha value is 1.01. The maximum atomic E-state index is 2.49. The van der Waals surface area contributed by atoms with Gasteiger partial charge in [-0.1, -0.05) is 0 Å². The SMILES string of the molecule is CCCC[Te]C[Si](C)(C)C. The molecule has 0 atom stereocenters. The standard InChI is InChI=1S/C8H20SiTe/c1-5-6-7-10-8-9(2,3)4/h5-8H2,1-4H3. The molecule has 0 spiro atoms. The molecule has 0 nitrogen and oxygen atoms in total. The van der Waals surface area contributed by atoms with Gasteiger partial charge in [-0.25, -0.2) is 0 Å². The van der Waals surface area contributed by atoms with Crippen LogP contribution in [0.25, 0.3) is 0 Å². The van der Waals surface area contributed by atoms with E-state index in [4.69, 9.17) is 0 Å². The molecule has 0 aromatic carbocycles. The van der Waals surface area contributed by atoms with Crippen molar-refractivity contribution >= 4 is 29.0 Å². The molecule has 0 radical (unpaired) electrons. The van der Waals surface area contributed by atoms with E-state index in [9.17, 15) is 0 Å². The molecule has 0 aromatic rings. The second-order valence-corrected chi connectivity index (χ2v) is 14.2. The van der Waals surface area contributed by atoms with Crippen LogP contribution in [0.2, 0.25) is 28.2 Å². The summed E-state index contributed by atoms with van der Waals surface area (Å²) in [5, 5.41) is 0. The summed E-state index contributed by atoms with van der Waals surface area (Å²) < 4.78 is 3.24. The molecule has 0 aliphatic heterocycles. The zero-order chi connectivity index (χ0) is 8.04. The summed E-state index contributed by atoms with van der Waals surface area (Å²) in [6, 6.07) is 0. The number of hydrogen-bond acceptors (Lipinski definition) is 0. The zero-order valence-electron chi connectivity index (χ0n) is 7.74. The first-order valence-corrected chi connectivity index (χ1v) is 11.1. The molecule has 0 unspecified atom stereocenters. The molecular weight excluding hydrogens is 252 g/mol. The van der Waals surface area contributed by atoms with Gasteiger partial charge in [0.15, 0.2) is 0 Å². The molecule has 0 saturated carbocycles. The molecule has 0 aromatic heterocycles. The van der Waals surface area contributed by atoms with Crippen molar-refractivity contribution in [3.05, 3.63) is 0 Å². The zero-order valence-corrected chi connectivity index (χ0v) is 11.1. The summed E-state index contributed by atoms with van der Waals surface area (Å²) in [7, 11) is -0.649. The first-order chi connectivity index (χ1) is 4.56. The van der Waals surface area contributed by atoms with Gasteiger partial charge in [-0.05, 0) is 0 Å². The second kappa shape index (κ2) is 5.63. The van der Waals surface area contributed by atoms with Gasteiger partial charge in [0.25, 0.3) is 0 Å². The Morgan fingerprint density at radius 3 is 2.20 bits per heavy atom. The Labute approximate surface area is 76.9 Å². The fourth-order valence-electron chi connectivity index (χ4n) is 0.625. The first-order valence-electron chi connectivity index (χ1n) is 4.14. The van der Waals surface area contributed by atoms with E-state index < -0.39 is 8.07 Å². The summed E-state index contributed by atoms with van der Waals surface area (Å²) in [4.78, 5) is 0. The van der Waals surface area contributed by atoms with Crippen LogP contribution in [-0.4, -0.2) is 29.0 Å². The van der Waals surface area contributed by atoms with E-state index in [2.05, 4.69) is 26.6 Å². The normalized spacial score (nSPS) is 12.0. The van der Waals surface area contributed by atoms with Crippen LogP contribution in [0.15, 0.2) is 0 Å². The summed E-state index contributed by atoms with van der Waals surface area (Å²) in [6.45, 7) is 9.76. The molecule has 10 heavy (non-hydrogen) atoms. The molecule has 0 aliphatic rings. The first kappa shape index (κ1) is 11.0. The van der Waals surface area contributed by atoms with E-state index in [0.29, 0.717) is 20.9 Å².